The molecule has 0 aliphatic heterocycles. The minimum absolute atomic E-state index is 0.0110. The van der Waals surface area contributed by atoms with Gasteiger partial charge in [-0.2, -0.15) is 0 Å². The van der Waals surface area contributed by atoms with E-state index in [1.54, 1.807) is 12.1 Å². The van der Waals surface area contributed by atoms with Crippen LogP contribution >= 0.6 is 0 Å². The third-order valence-electron chi connectivity index (χ3n) is 4.96. The van der Waals surface area contributed by atoms with Gasteiger partial charge in [-0.15, -0.1) is 0 Å². The molecule has 32 heavy (non-hydrogen) atoms. The highest BCUT2D eigenvalue weighted by molar-refractivity contribution is 7.92. The molecule has 4 aromatic rings. The number of nitro groups is 1. The second-order valence-electron chi connectivity index (χ2n) is 7.38. The number of fused-ring (bicyclic) bond motifs is 3. The first-order valence-corrected chi connectivity index (χ1v) is 12.5. The smallest absolute Gasteiger partial charge is 0.305 e. The standard InChI is InChI=1S/C21H18N2O7S2/c1-13-9-15(10-14(2)21(13)31(26,27)12-23(24)25)22-32(28,29)16-7-8-20-18(11-16)17-5-3-4-6-19(17)30-20/h3-11,22H,12H2,1-2H3. The number of furan rings is 1. The molecule has 0 saturated heterocycles. The predicted molar refractivity (Wildman–Crippen MR) is 119 cm³/mol. The Kier molecular flexibility index (Phi) is 5.18. The highest BCUT2D eigenvalue weighted by Crippen LogP contribution is 2.31. The van der Waals surface area contributed by atoms with Crippen LogP contribution in [0.5, 0.6) is 0 Å². The number of nitrogens with zero attached hydrogens (tertiary/aromatic N) is 1. The topological polar surface area (TPSA) is 137 Å². The number of nitrogens with one attached hydrogen (secondary N) is 1. The van der Waals surface area contributed by atoms with Gasteiger partial charge >= 0.3 is 5.88 Å². The quantitative estimate of drug-likeness (QED) is 0.329. The van der Waals surface area contributed by atoms with E-state index < -0.39 is 30.7 Å². The van der Waals surface area contributed by atoms with Gasteiger partial charge in [0, 0.05) is 21.4 Å². The molecule has 11 heteroatoms. The normalized spacial score (nSPS) is 12.3. The first-order valence-electron chi connectivity index (χ1n) is 9.38. The lowest BCUT2D eigenvalue weighted by atomic mass is 10.1. The summed E-state index contributed by atoms with van der Waals surface area (Å²) in [6, 6.07) is 14.5. The number of para-hydroxylation sites is 1. The molecular formula is C21H18N2O7S2. The summed E-state index contributed by atoms with van der Waals surface area (Å²) in [5.41, 5.74) is 1.76. The Morgan fingerprint density at radius 1 is 0.906 bits per heavy atom. The van der Waals surface area contributed by atoms with Gasteiger partial charge in [0.25, 0.3) is 10.0 Å². The van der Waals surface area contributed by atoms with Crippen molar-refractivity contribution in [3.05, 3.63) is 75.8 Å². The van der Waals surface area contributed by atoms with Crippen molar-refractivity contribution in [1.29, 1.82) is 0 Å². The van der Waals surface area contributed by atoms with Crippen LogP contribution in [-0.2, 0) is 19.9 Å². The van der Waals surface area contributed by atoms with Gasteiger partial charge in [0.2, 0.25) is 9.84 Å². The molecular weight excluding hydrogens is 456 g/mol. The molecule has 4 rings (SSSR count). The zero-order valence-corrected chi connectivity index (χ0v) is 18.7. The van der Waals surface area contributed by atoms with Crippen LogP contribution in [0.3, 0.4) is 0 Å². The van der Waals surface area contributed by atoms with Crippen molar-refractivity contribution in [2.45, 2.75) is 23.6 Å². The van der Waals surface area contributed by atoms with Gasteiger partial charge in [-0.3, -0.25) is 14.8 Å². The largest absolute Gasteiger partial charge is 0.456 e. The fourth-order valence-corrected chi connectivity index (χ4v) is 6.36. The molecule has 0 fully saturated rings. The Morgan fingerprint density at radius 2 is 1.53 bits per heavy atom. The Morgan fingerprint density at radius 3 is 2.19 bits per heavy atom. The zero-order chi connectivity index (χ0) is 23.3. The van der Waals surface area contributed by atoms with E-state index in [0.29, 0.717) is 16.6 Å². The number of hydrogen-bond acceptors (Lipinski definition) is 7. The van der Waals surface area contributed by atoms with Crippen molar-refractivity contribution < 1.29 is 26.2 Å². The molecule has 0 aliphatic rings. The van der Waals surface area contributed by atoms with Crippen molar-refractivity contribution in [2.75, 3.05) is 10.6 Å². The number of rotatable bonds is 6. The van der Waals surface area contributed by atoms with Gasteiger partial charge in [-0.25, -0.2) is 16.8 Å². The Hall–Kier alpha value is -3.44. The number of hydrogen-bond donors (Lipinski definition) is 1. The van der Waals surface area contributed by atoms with Crippen molar-refractivity contribution in [3.63, 3.8) is 0 Å². The minimum atomic E-state index is -4.16. The number of benzene rings is 3. The van der Waals surface area contributed by atoms with Crippen molar-refractivity contribution >= 4 is 47.5 Å². The van der Waals surface area contributed by atoms with Gasteiger partial charge in [-0.05, 0) is 61.4 Å². The van der Waals surface area contributed by atoms with Gasteiger partial charge < -0.3 is 4.42 Å². The second kappa shape index (κ2) is 7.61. The Bertz CT molecular complexity index is 1580. The highest BCUT2D eigenvalue weighted by atomic mass is 32.2. The molecule has 9 nitrogen and oxygen atoms in total. The molecule has 0 aliphatic carbocycles. The first-order chi connectivity index (χ1) is 15.0. The van der Waals surface area contributed by atoms with Crippen LogP contribution in [0.2, 0.25) is 0 Å². The first kappa shape index (κ1) is 21.8. The van der Waals surface area contributed by atoms with Crippen LogP contribution < -0.4 is 4.72 Å². The highest BCUT2D eigenvalue weighted by Gasteiger charge is 2.26. The lowest BCUT2D eigenvalue weighted by Gasteiger charge is -2.13. The molecule has 0 unspecified atom stereocenters. The van der Waals surface area contributed by atoms with Crippen LogP contribution in [0.25, 0.3) is 21.9 Å². The summed E-state index contributed by atoms with van der Waals surface area (Å²) < 4.78 is 58.8. The molecule has 0 bridgehead atoms. The fourth-order valence-electron chi connectivity index (χ4n) is 3.79. The van der Waals surface area contributed by atoms with E-state index >= 15 is 0 Å². The van der Waals surface area contributed by atoms with Crippen LogP contribution in [0.4, 0.5) is 5.69 Å². The molecule has 0 spiro atoms. The van der Waals surface area contributed by atoms with Crippen LogP contribution in [-0.4, -0.2) is 27.6 Å². The van der Waals surface area contributed by atoms with Crippen molar-refractivity contribution in [1.82, 2.24) is 0 Å². The molecule has 0 radical (unpaired) electrons. The van der Waals surface area contributed by atoms with E-state index in [1.165, 1.54) is 38.1 Å². The summed E-state index contributed by atoms with van der Waals surface area (Å²) in [6.45, 7) is 2.92. The molecule has 166 valence electrons. The number of sulfone groups is 1. The minimum Gasteiger partial charge on any atom is -0.456 e. The molecule has 1 N–H and O–H groups in total. The molecule has 0 atom stereocenters. The number of anilines is 1. The van der Waals surface area contributed by atoms with Crippen LogP contribution in [0, 0.1) is 24.0 Å². The monoisotopic (exact) mass is 474 g/mol. The van der Waals surface area contributed by atoms with E-state index in [9.17, 15) is 26.9 Å². The van der Waals surface area contributed by atoms with E-state index in [2.05, 4.69) is 4.72 Å². The summed E-state index contributed by atoms with van der Waals surface area (Å²) in [5.74, 6) is -1.24. The van der Waals surface area contributed by atoms with Crippen LogP contribution in [0.15, 0.2) is 68.8 Å². The summed E-state index contributed by atoms with van der Waals surface area (Å²) in [7, 11) is -8.16. The lowest BCUT2D eigenvalue weighted by molar-refractivity contribution is -0.458. The van der Waals surface area contributed by atoms with Gasteiger partial charge in [0.05, 0.1) is 9.79 Å². The molecule has 3 aromatic carbocycles. The maximum absolute atomic E-state index is 13.0. The molecule has 1 aromatic heterocycles. The van der Waals surface area contributed by atoms with Crippen molar-refractivity contribution in [3.8, 4) is 0 Å². The van der Waals surface area contributed by atoms with Gasteiger partial charge in [0.15, 0.2) is 0 Å². The Labute approximate surface area is 183 Å². The third kappa shape index (κ3) is 3.92. The number of aryl methyl sites for hydroxylation is 2. The summed E-state index contributed by atoms with van der Waals surface area (Å²) >= 11 is 0. The predicted octanol–water partition coefficient (Wildman–Crippen LogP) is 4.01. The summed E-state index contributed by atoms with van der Waals surface area (Å²) in [5, 5.41) is 12.1. The lowest BCUT2D eigenvalue weighted by Crippen LogP contribution is -2.18. The van der Waals surface area contributed by atoms with Gasteiger partial charge in [-0.1, -0.05) is 18.2 Å². The van der Waals surface area contributed by atoms with E-state index in [0.717, 1.165) is 5.39 Å². The Balaban J connectivity index is 1.72. The summed E-state index contributed by atoms with van der Waals surface area (Å²) in [4.78, 5) is 9.62. The van der Waals surface area contributed by atoms with Crippen molar-refractivity contribution in [2.24, 2.45) is 0 Å². The molecule has 0 amide bonds. The maximum atomic E-state index is 13.0. The molecule has 1 heterocycles. The average molecular weight is 475 g/mol. The maximum Gasteiger partial charge on any atom is 0.305 e. The number of sulfonamides is 1. The summed E-state index contributed by atoms with van der Waals surface area (Å²) in [6.07, 6.45) is 0. The SMILES string of the molecule is Cc1cc(NS(=O)(=O)c2ccc3oc4ccccc4c3c2)cc(C)c1S(=O)(=O)C[N+](=O)[O-]. The second-order valence-corrected chi connectivity index (χ2v) is 11.0. The third-order valence-corrected chi connectivity index (χ3v) is 8.15. The van der Waals surface area contributed by atoms with E-state index in [1.807, 2.05) is 18.2 Å². The average Bonchev–Trinajstić information content (AvgIpc) is 3.03. The van der Waals surface area contributed by atoms with E-state index in [4.69, 9.17) is 4.42 Å². The van der Waals surface area contributed by atoms with Gasteiger partial charge in [0.1, 0.15) is 11.2 Å². The van der Waals surface area contributed by atoms with E-state index in [-0.39, 0.29) is 26.6 Å². The van der Waals surface area contributed by atoms with Crippen LogP contribution in [0.1, 0.15) is 11.1 Å². The molecule has 0 saturated carbocycles. The fraction of sp³-hybridized carbons (Fsp3) is 0.143. The zero-order valence-electron chi connectivity index (χ0n) is 17.0.